The van der Waals surface area contributed by atoms with Crippen molar-refractivity contribution in [2.24, 2.45) is 0 Å². The van der Waals surface area contributed by atoms with Crippen LogP contribution in [0, 0.1) is 0 Å². The molecule has 0 aromatic carbocycles. The first-order chi connectivity index (χ1) is 7.82. The molecule has 17 heavy (non-hydrogen) atoms. The number of sulfone groups is 1. The van der Waals surface area contributed by atoms with Crippen molar-refractivity contribution < 1.29 is 22.7 Å². The summed E-state index contributed by atoms with van der Waals surface area (Å²) in [6.45, 7) is 6.03. The molecule has 0 fully saturated rings. The second-order valence-electron chi connectivity index (χ2n) is 3.56. The molecule has 6 nitrogen and oxygen atoms in total. The second kappa shape index (κ2) is 7.62. The van der Waals surface area contributed by atoms with Crippen LogP contribution in [-0.2, 0) is 24.1 Å². The van der Waals surface area contributed by atoms with E-state index in [4.69, 9.17) is 9.47 Å². The molecule has 0 aliphatic rings. The Labute approximate surface area is 103 Å². The highest BCUT2D eigenvalue weighted by molar-refractivity contribution is 7.92. The van der Waals surface area contributed by atoms with Crippen LogP contribution in [0.5, 0.6) is 0 Å². The third-order valence-corrected chi connectivity index (χ3v) is 3.66. The zero-order valence-corrected chi connectivity index (χ0v) is 11.5. The van der Waals surface area contributed by atoms with Crippen molar-refractivity contribution >= 4 is 15.7 Å². The monoisotopic (exact) mass is 267 g/mol. The smallest absolute Gasteiger partial charge is 0.238 e. The maximum absolute atomic E-state index is 11.5. The second-order valence-corrected chi connectivity index (χ2v) is 5.92. The van der Waals surface area contributed by atoms with Crippen molar-refractivity contribution in [3.8, 4) is 0 Å². The van der Waals surface area contributed by atoms with Gasteiger partial charge in [-0.05, 0) is 20.8 Å². The van der Waals surface area contributed by atoms with Gasteiger partial charge in [0, 0.05) is 19.5 Å². The highest BCUT2D eigenvalue weighted by Gasteiger charge is 2.24. The van der Waals surface area contributed by atoms with Gasteiger partial charge in [0.25, 0.3) is 0 Å². The molecule has 0 spiro atoms. The van der Waals surface area contributed by atoms with Gasteiger partial charge in [-0.1, -0.05) is 0 Å². The molecule has 0 bridgehead atoms. The van der Waals surface area contributed by atoms with Crippen molar-refractivity contribution in [3.63, 3.8) is 0 Å². The van der Waals surface area contributed by atoms with Gasteiger partial charge in [0.1, 0.15) is 5.25 Å². The minimum atomic E-state index is -3.37. The topological polar surface area (TPSA) is 81.7 Å². The Balaban J connectivity index is 4.21. The molecule has 0 radical (unpaired) electrons. The normalized spacial score (nSPS) is 13.7. The Morgan fingerprint density at radius 2 is 1.71 bits per heavy atom. The first-order valence-electron chi connectivity index (χ1n) is 5.52. The van der Waals surface area contributed by atoms with E-state index in [9.17, 15) is 13.2 Å². The summed E-state index contributed by atoms with van der Waals surface area (Å²) in [5, 5.41) is 1.43. The predicted molar refractivity (Wildman–Crippen MR) is 64.4 cm³/mol. The lowest BCUT2D eigenvalue weighted by molar-refractivity contribution is -0.140. The number of carbonyl (C=O) groups is 1. The van der Waals surface area contributed by atoms with E-state index in [1.54, 1.807) is 0 Å². The predicted octanol–water partition coefficient (Wildman–Crippen LogP) is -0.0652. The van der Waals surface area contributed by atoms with Gasteiger partial charge in [-0.25, -0.2) is 8.42 Å². The Kier molecular flexibility index (Phi) is 7.33. The molecular weight excluding hydrogens is 246 g/mol. The zero-order chi connectivity index (χ0) is 13.5. The van der Waals surface area contributed by atoms with Crippen LogP contribution in [0.3, 0.4) is 0 Å². The molecule has 102 valence electrons. The first-order valence-corrected chi connectivity index (χ1v) is 7.48. The SMILES string of the molecule is CCOC(CNC(=O)C(C)S(C)(=O)=O)OCC. The number of nitrogens with one attached hydrogen (secondary N) is 1. The van der Waals surface area contributed by atoms with E-state index in [0.29, 0.717) is 13.2 Å². The summed E-state index contributed by atoms with van der Waals surface area (Å²) in [5.41, 5.74) is 0. The van der Waals surface area contributed by atoms with E-state index < -0.39 is 27.3 Å². The Morgan fingerprint density at radius 1 is 1.24 bits per heavy atom. The standard InChI is InChI=1S/C10H21NO5S/c1-5-15-9(16-6-2)7-11-10(12)8(3)17(4,13)14/h8-9H,5-7H2,1-4H3,(H,11,12). The number of ether oxygens (including phenoxy) is 2. The highest BCUT2D eigenvalue weighted by atomic mass is 32.2. The lowest BCUT2D eigenvalue weighted by atomic mass is 10.4. The minimum Gasteiger partial charge on any atom is -0.351 e. The maximum Gasteiger partial charge on any atom is 0.238 e. The number of amides is 1. The van der Waals surface area contributed by atoms with Crippen molar-refractivity contribution in [3.05, 3.63) is 0 Å². The highest BCUT2D eigenvalue weighted by Crippen LogP contribution is 1.99. The van der Waals surface area contributed by atoms with Crippen molar-refractivity contribution in [1.82, 2.24) is 5.32 Å². The fourth-order valence-corrected chi connectivity index (χ4v) is 1.53. The van der Waals surface area contributed by atoms with E-state index in [0.717, 1.165) is 6.26 Å². The zero-order valence-electron chi connectivity index (χ0n) is 10.7. The lowest BCUT2D eigenvalue weighted by Crippen LogP contribution is -2.42. The van der Waals surface area contributed by atoms with Crippen LogP contribution < -0.4 is 5.32 Å². The Hall–Kier alpha value is -0.660. The summed E-state index contributed by atoms with van der Waals surface area (Å²) in [6.07, 6.45) is 0.487. The number of hydrogen-bond acceptors (Lipinski definition) is 5. The molecule has 7 heteroatoms. The fraction of sp³-hybridized carbons (Fsp3) is 0.900. The quantitative estimate of drug-likeness (QED) is 0.623. The average Bonchev–Trinajstić information content (AvgIpc) is 2.23. The van der Waals surface area contributed by atoms with Gasteiger partial charge in [0.05, 0.1) is 6.54 Å². The van der Waals surface area contributed by atoms with Crippen LogP contribution in [0.1, 0.15) is 20.8 Å². The summed E-state index contributed by atoms with van der Waals surface area (Å²) in [5.74, 6) is -0.545. The molecule has 0 heterocycles. The molecular formula is C10H21NO5S. The van der Waals surface area contributed by atoms with Crippen molar-refractivity contribution in [2.75, 3.05) is 26.0 Å². The van der Waals surface area contributed by atoms with Crippen molar-refractivity contribution in [1.29, 1.82) is 0 Å². The molecule has 0 aromatic rings. The summed E-state index contributed by atoms with van der Waals surface area (Å²) < 4.78 is 32.7. The number of rotatable bonds is 8. The van der Waals surface area contributed by atoms with E-state index in [-0.39, 0.29) is 6.54 Å². The van der Waals surface area contributed by atoms with Gasteiger partial charge in [-0.2, -0.15) is 0 Å². The molecule has 0 rings (SSSR count). The van der Waals surface area contributed by atoms with Crippen LogP contribution in [0.15, 0.2) is 0 Å². The molecule has 0 aliphatic heterocycles. The number of hydrogen-bond donors (Lipinski definition) is 1. The molecule has 0 aromatic heterocycles. The van der Waals surface area contributed by atoms with Crippen LogP contribution >= 0.6 is 0 Å². The molecule has 1 amide bonds. The minimum absolute atomic E-state index is 0.139. The summed E-state index contributed by atoms with van der Waals surface area (Å²) >= 11 is 0. The molecule has 0 aliphatic carbocycles. The van der Waals surface area contributed by atoms with Gasteiger partial charge in [-0.15, -0.1) is 0 Å². The molecule has 0 saturated carbocycles. The number of carbonyl (C=O) groups excluding carboxylic acids is 1. The van der Waals surface area contributed by atoms with Gasteiger partial charge in [-0.3, -0.25) is 4.79 Å². The largest absolute Gasteiger partial charge is 0.351 e. The summed E-state index contributed by atoms with van der Waals surface area (Å²) in [6, 6.07) is 0. The van der Waals surface area contributed by atoms with Gasteiger partial charge in [0.2, 0.25) is 5.91 Å². The third-order valence-electron chi connectivity index (χ3n) is 2.16. The van der Waals surface area contributed by atoms with E-state index >= 15 is 0 Å². The molecule has 1 N–H and O–H groups in total. The first kappa shape index (κ1) is 16.3. The van der Waals surface area contributed by atoms with Gasteiger partial charge < -0.3 is 14.8 Å². The van der Waals surface area contributed by atoms with Gasteiger partial charge in [0.15, 0.2) is 16.1 Å². The van der Waals surface area contributed by atoms with Crippen molar-refractivity contribution in [2.45, 2.75) is 32.3 Å². The van der Waals surface area contributed by atoms with Gasteiger partial charge >= 0.3 is 0 Å². The average molecular weight is 267 g/mol. The maximum atomic E-state index is 11.5. The fourth-order valence-electron chi connectivity index (χ4n) is 1.06. The van der Waals surface area contributed by atoms with Crippen LogP contribution in [-0.4, -0.2) is 51.9 Å². The Morgan fingerprint density at radius 3 is 2.06 bits per heavy atom. The molecule has 1 unspecified atom stereocenters. The molecule has 1 atom stereocenters. The lowest BCUT2D eigenvalue weighted by Gasteiger charge is -2.18. The summed E-state index contributed by atoms with van der Waals surface area (Å²) in [7, 11) is -3.37. The molecule has 0 saturated heterocycles. The Bertz CT molecular complexity index is 322. The van der Waals surface area contributed by atoms with E-state index in [1.807, 2.05) is 13.8 Å². The third kappa shape index (κ3) is 6.60. The van der Waals surface area contributed by atoms with Crippen LogP contribution in [0.2, 0.25) is 0 Å². The summed E-state index contributed by atoms with van der Waals surface area (Å²) in [4.78, 5) is 11.5. The van der Waals surface area contributed by atoms with E-state index in [2.05, 4.69) is 5.32 Å². The van der Waals surface area contributed by atoms with Crippen LogP contribution in [0.25, 0.3) is 0 Å². The van der Waals surface area contributed by atoms with E-state index in [1.165, 1.54) is 6.92 Å². The van der Waals surface area contributed by atoms with Crippen LogP contribution in [0.4, 0.5) is 0 Å².